The predicted octanol–water partition coefficient (Wildman–Crippen LogP) is 3.59. The zero-order chi connectivity index (χ0) is 14.7. The minimum Gasteiger partial charge on any atom is -0.334 e. The van der Waals surface area contributed by atoms with Crippen molar-refractivity contribution >= 4 is 39.1 Å². The zero-order valence-electron chi connectivity index (χ0n) is 10.7. The average Bonchev–Trinajstić information content (AvgIpc) is 2.34. The second-order valence-electron chi connectivity index (χ2n) is 4.73. The molecular weight excluding hydrogens is 348 g/mol. The monoisotopic (exact) mass is 360 g/mol. The van der Waals surface area contributed by atoms with E-state index in [4.69, 9.17) is 11.6 Å². The quantitative estimate of drug-likeness (QED) is 0.457. The highest BCUT2D eigenvalue weighted by Gasteiger charge is 2.29. The van der Waals surface area contributed by atoms with Gasteiger partial charge >= 0.3 is 0 Å². The van der Waals surface area contributed by atoms with E-state index in [9.17, 15) is 14.9 Å². The van der Waals surface area contributed by atoms with Crippen molar-refractivity contribution in [1.29, 1.82) is 0 Å². The number of non-ortho nitro benzene ring substituents is 1. The summed E-state index contributed by atoms with van der Waals surface area (Å²) in [5, 5.41) is 10.9. The minimum absolute atomic E-state index is 0.0952. The maximum Gasteiger partial charge on any atom is 0.271 e. The van der Waals surface area contributed by atoms with Crippen LogP contribution in [0.3, 0.4) is 0 Å². The van der Waals surface area contributed by atoms with Crippen molar-refractivity contribution < 1.29 is 9.72 Å². The first-order valence-corrected chi connectivity index (χ1v) is 7.67. The van der Waals surface area contributed by atoms with Crippen molar-refractivity contribution in [2.45, 2.75) is 25.3 Å². The molecule has 1 aromatic rings. The first kappa shape index (κ1) is 15.3. The van der Waals surface area contributed by atoms with Gasteiger partial charge in [-0.2, -0.15) is 0 Å². The molecule has 0 saturated heterocycles. The van der Waals surface area contributed by atoms with E-state index >= 15 is 0 Å². The third-order valence-corrected chi connectivity index (χ3v) is 4.07. The largest absolute Gasteiger partial charge is 0.334 e. The molecule has 0 spiro atoms. The standard InChI is InChI=1S/C13H14BrClN2O3/c14-10-6-9(7-12(8-10)17(19)20)13(18)16(5-4-15)11-2-1-3-11/h6-8,11H,1-5H2. The van der Waals surface area contributed by atoms with Crippen molar-refractivity contribution in [2.75, 3.05) is 12.4 Å². The molecule has 1 saturated carbocycles. The van der Waals surface area contributed by atoms with E-state index in [1.54, 1.807) is 11.0 Å². The molecule has 0 bridgehead atoms. The number of benzene rings is 1. The van der Waals surface area contributed by atoms with Crippen LogP contribution in [0.4, 0.5) is 5.69 Å². The van der Waals surface area contributed by atoms with Crippen LogP contribution in [-0.2, 0) is 0 Å². The molecule has 1 aromatic carbocycles. The molecule has 0 N–H and O–H groups in total. The lowest BCUT2D eigenvalue weighted by atomic mass is 9.91. The van der Waals surface area contributed by atoms with Gasteiger partial charge in [-0.3, -0.25) is 14.9 Å². The van der Waals surface area contributed by atoms with E-state index < -0.39 is 4.92 Å². The number of hydrogen-bond donors (Lipinski definition) is 0. The highest BCUT2D eigenvalue weighted by molar-refractivity contribution is 9.10. The molecule has 1 aliphatic rings. The Morgan fingerprint density at radius 2 is 2.15 bits per heavy atom. The second-order valence-corrected chi connectivity index (χ2v) is 6.02. The number of rotatable bonds is 5. The third kappa shape index (κ3) is 3.30. The van der Waals surface area contributed by atoms with E-state index in [-0.39, 0.29) is 17.6 Å². The number of halogens is 2. The molecule has 1 fully saturated rings. The summed E-state index contributed by atoms with van der Waals surface area (Å²) in [7, 11) is 0. The molecule has 0 aliphatic heterocycles. The average molecular weight is 362 g/mol. The summed E-state index contributed by atoms with van der Waals surface area (Å²) in [5.74, 6) is 0.165. The van der Waals surface area contributed by atoms with Crippen molar-refractivity contribution in [2.24, 2.45) is 0 Å². The molecule has 5 nitrogen and oxygen atoms in total. The molecule has 0 unspecified atom stereocenters. The molecule has 2 rings (SSSR count). The van der Waals surface area contributed by atoms with Gasteiger partial charge in [0.1, 0.15) is 0 Å². The summed E-state index contributed by atoms with van der Waals surface area (Å²) in [5.41, 5.74) is 0.227. The first-order chi connectivity index (χ1) is 9.52. The van der Waals surface area contributed by atoms with Gasteiger partial charge in [0.25, 0.3) is 11.6 Å². The topological polar surface area (TPSA) is 63.4 Å². The SMILES string of the molecule is O=C(c1cc(Br)cc([N+](=O)[O-])c1)N(CCCl)C1CCC1. The number of carbonyl (C=O) groups excluding carboxylic acids is 1. The van der Waals surface area contributed by atoms with Crippen LogP contribution in [-0.4, -0.2) is 34.2 Å². The fourth-order valence-electron chi connectivity index (χ4n) is 2.21. The number of hydrogen-bond acceptors (Lipinski definition) is 3. The number of nitro groups is 1. The van der Waals surface area contributed by atoms with E-state index in [0.717, 1.165) is 19.3 Å². The van der Waals surface area contributed by atoms with Crippen LogP contribution in [0.15, 0.2) is 22.7 Å². The Balaban J connectivity index is 2.28. The summed E-state index contributed by atoms with van der Waals surface area (Å²) in [6.45, 7) is 0.464. The van der Waals surface area contributed by atoms with Gasteiger partial charge in [-0.1, -0.05) is 15.9 Å². The second kappa shape index (κ2) is 6.54. The third-order valence-electron chi connectivity index (χ3n) is 3.44. The van der Waals surface area contributed by atoms with Crippen molar-refractivity contribution in [3.8, 4) is 0 Å². The Morgan fingerprint density at radius 1 is 1.45 bits per heavy atom. The molecule has 7 heteroatoms. The number of nitro benzene ring substituents is 1. The highest BCUT2D eigenvalue weighted by Crippen LogP contribution is 2.28. The van der Waals surface area contributed by atoms with Crippen LogP contribution in [0.25, 0.3) is 0 Å². The Hall–Kier alpha value is -1.14. The Morgan fingerprint density at radius 3 is 2.65 bits per heavy atom. The van der Waals surface area contributed by atoms with Crippen molar-refractivity contribution in [1.82, 2.24) is 4.90 Å². The molecule has 0 atom stereocenters. The first-order valence-electron chi connectivity index (χ1n) is 6.35. The van der Waals surface area contributed by atoms with Gasteiger partial charge in [-0.15, -0.1) is 11.6 Å². The lowest BCUT2D eigenvalue weighted by Crippen LogP contribution is -2.45. The molecule has 20 heavy (non-hydrogen) atoms. The summed E-state index contributed by atoms with van der Waals surface area (Å²) in [6, 6.07) is 4.51. The number of carbonyl (C=O) groups is 1. The number of nitrogens with zero attached hydrogens (tertiary/aromatic N) is 2. The van der Waals surface area contributed by atoms with E-state index in [0.29, 0.717) is 22.5 Å². The van der Waals surface area contributed by atoms with Gasteiger partial charge in [-0.25, -0.2) is 0 Å². The van der Waals surface area contributed by atoms with Gasteiger partial charge in [0.15, 0.2) is 0 Å². The van der Waals surface area contributed by atoms with Crippen LogP contribution in [0.5, 0.6) is 0 Å². The van der Waals surface area contributed by atoms with Crippen LogP contribution in [0, 0.1) is 10.1 Å². The van der Waals surface area contributed by atoms with E-state index in [1.807, 2.05) is 0 Å². The van der Waals surface area contributed by atoms with Crippen LogP contribution < -0.4 is 0 Å². The summed E-state index contributed by atoms with van der Waals surface area (Å²) in [6.07, 6.45) is 3.05. The van der Waals surface area contributed by atoms with Gasteiger partial charge in [-0.05, 0) is 25.3 Å². The fourth-order valence-corrected chi connectivity index (χ4v) is 2.87. The lowest BCUT2D eigenvalue weighted by molar-refractivity contribution is -0.385. The molecule has 1 aliphatic carbocycles. The van der Waals surface area contributed by atoms with Crippen molar-refractivity contribution in [3.63, 3.8) is 0 Å². The predicted molar refractivity (Wildman–Crippen MR) is 80.2 cm³/mol. The maximum absolute atomic E-state index is 12.5. The number of amides is 1. The van der Waals surface area contributed by atoms with E-state index in [2.05, 4.69) is 15.9 Å². The number of alkyl halides is 1. The van der Waals surface area contributed by atoms with Crippen LogP contribution in [0.1, 0.15) is 29.6 Å². The molecule has 1 amide bonds. The highest BCUT2D eigenvalue weighted by atomic mass is 79.9. The Labute approximate surface area is 130 Å². The fraction of sp³-hybridized carbons (Fsp3) is 0.462. The molecule has 0 radical (unpaired) electrons. The molecule has 0 heterocycles. The lowest BCUT2D eigenvalue weighted by Gasteiger charge is -2.37. The smallest absolute Gasteiger partial charge is 0.271 e. The minimum atomic E-state index is -0.503. The Kier molecular flexibility index (Phi) is 4.99. The van der Waals surface area contributed by atoms with Gasteiger partial charge in [0.2, 0.25) is 0 Å². The van der Waals surface area contributed by atoms with Crippen LogP contribution in [0.2, 0.25) is 0 Å². The maximum atomic E-state index is 12.5. The van der Waals surface area contributed by atoms with Gasteiger partial charge in [0, 0.05) is 40.6 Å². The normalized spacial score (nSPS) is 14.7. The zero-order valence-corrected chi connectivity index (χ0v) is 13.1. The Bertz CT molecular complexity index is 534. The molecule has 0 aromatic heterocycles. The van der Waals surface area contributed by atoms with E-state index in [1.165, 1.54) is 12.1 Å². The summed E-state index contributed by atoms with van der Waals surface area (Å²) in [4.78, 5) is 24.6. The molecular formula is C13H14BrClN2O3. The van der Waals surface area contributed by atoms with Gasteiger partial charge in [0.05, 0.1) is 4.92 Å². The van der Waals surface area contributed by atoms with Crippen molar-refractivity contribution in [3.05, 3.63) is 38.3 Å². The van der Waals surface area contributed by atoms with Gasteiger partial charge < -0.3 is 4.90 Å². The summed E-state index contributed by atoms with van der Waals surface area (Å²) >= 11 is 8.96. The summed E-state index contributed by atoms with van der Waals surface area (Å²) < 4.78 is 0.523. The molecule has 108 valence electrons. The van der Waals surface area contributed by atoms with Crippen LogP contribution >= 0.6 is 27.5 Å².